The summed E-state index contributed by atoms with van der Waals surface area (Å²) in [5.41, 5.74) is 0. The molecule has 1 unspecified atom stereocenters. The fourth-order valence-corrected chi connectivity index (χ4v) is 1.95. The number of hydrogen-bond acceptors (Lipinski definition) is 2. The van der Waals surface area contributed by atoms with Crippen LogP contribution >= 0.6 is 0 Å². The molecule has 1 aliphatic heterocycles. The second-order valence-electron chi connectivity index (χ2n) is 4.21. The van der Waals surface area contributed by atoms with Gasteiger partial charge in [-0.15, -0.1) is 0 Å². The Kier molecular flexibility index (Phi) is 5.65. The van der Waals surface area contributed by atoms with Crippen LogP contribution in [-0.2, 0) is 9.53 Å². The molecule has 82 valence electrons. The Hall–Kier alpha value is -0.530. The first-order valence-corrected chi connectivity index (χ1v) is 6.02. The maximum atomic E-state index is 11.2. The Balaban J connectivity index is 2.12. The fraction of sp³-hybridized carbons (Fsp3) is 0.917. The predicted octanol–water partition coefficient (Wildman–Crippen LogP) is 3.44. The van der Waals surface area contributed by atoms with Crippen LogP contribution in [0.2, 0.25) is 0 Å². The molecular weight excluding hydrogens is 176 g/mol. The third-order valence-electron chi connectivity index (χ3n) is 2.83. The predicted molar refractivity (Wildman–Crippen MR) is 57.1 cm³/mol. The summed E-state index contributed by atoms with van der Waals surface area (Å²) in [5, 5.41) is 0. The third kappa shape index (κ3) is 4.64. The van der Waals surface area contributed by atoms with E-state index >= 15 is 0 Å². The SMILES string of the molecule is CCCCCCC1CCCCC(=O)O1. The van der Waals surface area contributed by atoms with Crippen molar-refractivity contribution in [2.24, 2.45) is 0 Å². The zero-order chi connectivity index (χ0) is 10.2. The molecule has 0 spiro atoms. The molecule has 0 aliphatic carbocycles. The molecule has 1 atom stereocenters. The Morgan fingerprint density at radius 2 is 2.14 bits per heavy atom. The largest absolute Gasteiger partial charge is 0.462 e. The molecule has 1 heterocycles. The van der Waals surface area contributed by atoms with Gasteiger partial charge < -0.3 is 4.74 Å². The number of carbonyl (C=O) groups excluding carboxylic acids is 1. The summed E-state index contributed by atoms with van der Waals surface area (Å²) in [6.45, 7) is 2.21. The van der Waals surface area contributed by atoms with Crippen LogP contribution in [0.4, 0.5) is 0 Å². The summed E-state index contributed by atoms with van der Waals surface area (Å²) in [5.74, 6) is 0.0167. The molecule has 0 radical (unpaired) electrons. The van der Waals surface area contributed by atoms with Crippen molar-refractivity contribution in [1.29, 1.82) is 0 Å². The molecule has 0 N–H and O–H groups in total. The average Bonchev–Trinajstić information content (AvgIpc) is 2.38. The van der Waals surface area contributed by atoms with E-state index in [0.29, 0.717) is 6.42 Å². The van der Waals surface area contributed by atoms with Gasteiger partial charge in [-0.05, 0) is 32.1 Å². The smallest absolute Gasteiger partial charge is 0.306 e. The van der Waals surface area contributed by atoms with E-state index in [9.17, 15) is 4.79 Å². The molecule has 2 heteroatoms. The average molecular weight is 198 g/mol. The van der Waals surface area contributed by atoms with E-state index in [4.69, 9.17) is 4.74 Å². The van der Waals surface area contributed by atoms with E-state index in [1.165, 1.54) is 25.7 Å². The minimum absolute atomic E-state index is 0.0167. The van der Waals surface area contributed by atoms with Gasteiger partial charge in [0, 0.05) is 6.42 Å². The molecule has 0 aromatic rings. The highest BCUT2D eigenvalue weighted by atomic mass is 16.5. The Morgan fingerprint density at radius 1 is 1.29 bits per heavy atom. The standard InChI is InChI=1S/C12H22O2/c1-2-3-4-5-8-11-9-6-7-10-12(13)14-11/h11H,2-10H2,1H3. The van der Waals surface area contributed by atoms with Crippen molar-refractivity contribution in [2.75, 3.05) is 0 Å². The van der Waals surface area contributed by atoms with Gasteiger partial charge in [0.25, 0.3) is 0 Å². The van der Waals surface area contributed by atoms with Crippen molar-refractivity contribution in [1.82, 2.24) is 0 Å². The van der Waals surface area contributed by atoms with Gasteiger partial charge in [0.15, 0.2) is 0 Å². The summed E-state index contributed by atoms with van der Waals surface area (Å²) < 4.78 is 5.35. The van der Waals surface area contributed by atoms with E-state index in [2.05, 4.69) is 6.92 Å². The first-order valence-electron chi connectivity index (χ1n) is 6.02. The van der Waals surface area contributed by atoms with Crippen LogP contribution in [0.3, 0.4) is 0 Å². The molecule has 1 saturated heterocycles. The van der Waals surface area contributed by atoms with Crippen LogP contribution in [0.1, 0.15) is 64.7 Å². The fourth-order valence-electron chi connectivity index (χ4n) is 1.95. The van der Waals surface area contributed by atoms with Crippen molar-refractivity contribution in [3.63, 3.8) is 0 Å². The molecule has 1 rings (SSSR count). The number of esters is 1. The summed E-state index contributed by atoms with van der Waals surface area (Å²) >= 11 is 0. The molecule has 0 saturated carbocycles. The lowest BCUT2D eigenvalue weighted by molar-refractivity contribution is -0.148. The number of ether oxygens (including phenoxy) is 1. The van der Waals surface area contributed by atoms with Crippen molar-refractivity contribution < 1.29 is 9.53 Å². The quantitative estimate of drug-likeness (QED) is 0.499. The number of cyclic esters (lactones) is 1. The van der Waals surface area contributed by atoms with Crippen molar-refractivity contribution in [2.45, 2.75) is 70.8 Å². The summed E-state index contributed by atoms with van der Waals surface area (Å²) in [6, 6.07) is 0. The van der Waals surface area contributed by atoms with Gasteiger partial charge in [0.05, 0.1) is 0 Å². The first-order chi connectivity index (χ1) is 6.83. The van der Waals surface area contributed by atoms with E-state index in [0.717, 1.165) is 25.7 Å². The Labute approximate surface area is 87.0 Å². The Morgan fingerprint density at radius 3 is 2.93 bits per heavy atom. The maximum absolute atomic E-state index is 11.2. The van der Waals surface area contributed by atoms with Crippen LogP contribution < -0.4 is 0 Å². The monoisotopic (exact) mass is 198 g/mol. The van der Waals surface area contributed by atoms with Gasteiger partial charge in [-0.25, -0.2) is 0 Å². The molecule has 14 heavy (non-hydrogen) atoms. The van der Waals surface area contributed by atoms with Gasteiger partial charge in [0.2, 0.25) is 0 Å². The maximum Gasteiger partial charge on any atom is 0.306 e. The van der Waals surface area contributed by atoms with Crippen LogP contribution in [0, 0.1) is 0 Å². The Bertz CT molecular complexity index is 166. The highest BCUT2D eigenvalue weighted by Gasteiger charge is 2.17. The molecule has 0 amide bonds. The van der Waals surface area contributed by atoms with Gasteiger partial charge in [-0.2, -0.15) is 0 Å². The molecule has 0 aromatic heterocycles. The summed E-state index contributed by atoms with van der Waals surface area (Å²) in [7, 11) is 0. The molecule has 2 nitrogen and oxygen atoms in total. The second-order valence-corrected chi connectivity index (χ2v) is 4.21. The van der Waals surface area contributed by atoms with Gasteiger partial charge in [-0.3, -0.25) is 4.79 Å². The minimum atomic E-state index is 0.0167. The van der Waals surface area contributed by atoms with Crippen LogP contribution in [0.15, 0.2) is 0 Å². The highest BCUT2D eigenvalue weighted by molar-refractivity contribution is 5.69. The number of unbranched alkanes of at least 4 members (excludes halogenated alkanes) is 3. The lowest BCUT2D eigenvalue weighted by atomic mass is 10.0. The van der Waals surface area contributed by atoms with Gasteiger partial charge in [0.1, 0.15) is 6.10 Å². The van der Waals surface area contributed by atoms with Crippen LogP contribution in [-0.4, -0.2) is 12.1 Å². The molecule has 0 aromatic carbocycles. The van der Waals surface area contributed by atoms with E-state index in [1.54, 1.807) is 0 Å². The topological polar surface area (TPSA) is 26.3 Å². The number of hydrogen-bond donors (Lipinski definition) is 0. The van der Waals surface area contributed by atoms with Crippen LogP contribution in [0.25, 0.3) is 0 Å². The van der Waals surface area contributed by atoms with Gasteiger partial charge >= 0.3 is 5.97 Å². The number of carbonyl (C=O) groups is 1. The summed E-state index contributed by atoms with van der Waals surface area (Å²) in [6.07, 6.45) is 10.3. The minimum Gasteiger partial charge on any atom is -0.462 e. The molecule has 1 aliphatic rings. The normalized spacial score (nSPS) is 22.9. The highest BCUT2D eigenvalue weighted by Crippen LogP contribution is 2.19. The lowest BCUT2D eigenvalue weighted by Gasteiger charge is -2.14. The van der Waals surface area contributed by atoms with Crippen molar-refractivity contribution >= 4 is 5.97 Å². The molecular formula is C12H22O2. The zero-order valence-corrected chi connectivity index (χ0v) is 9.26. The zero-order valence-electron chi connectivity index (χ0n) is 9.26. The number of rotatable bonds is 5. The van der Waals surface area contributed by atoms with E-state index in [-0.39, 0.29) is 12.1 Å². The van der Waals surface area contributed by atoms with Gasteiger partial charge in [-0.1, -0.05) is 26.2 Å². The first kappa shape index (κ1) is 11.5. The van der Waals surface area contributed by atoms with E-state index < -0.39 is 0 Å². The lowest BCUT2D eigenvalue weighted by Crippen LogP contribution is -2.15. The summed E-state index contributed by atoms with van der Waals surface area (Å²) in [4.78, 5) is 11.2. The van der Waals surface area contributed by atoms with Crippen molar-refractivity contribution in [3.05, 3.63) is 0 Å². The second kappa shape index (κ2) is 6.86. The molecule has 0 bridgehead atoms. The van der Waals surface area contributed by atoms with E-state index in [1.807, 2.05) is 0 Å². The third-order valence-corrected chi connectivity index (χ3v) is 2.83. The molecule has 1 fully saturated rings. The van der Waals surface area contributed by atoms with Crippen LogP contribution in [0.5, 0.6) is 0 Å². The van der Waals surface area contributed by atoms with Crippen molar-refractivity contribution in [3.8, 4) is 0 Å².